The number of amides is 1. The van der Waals surface area contributed by atoms with Crippen molar-refractivity contribution in [2.24, 2.45) is 7.05 Å². The molecule has 1 aromatic carbocycles. The summed E-state index contributed by atoms with van der Waals surface area (Å²) in [5.41, 5.74) is 3.30. The van der Waals surface area contributed by atoms with Crippen LogP contribution in [-0.2, 0) is 7.05 Å². The fraction of sp³-hybridized carbons (Fsp3) is 0.389. The van der Waals surface area contributed by atoms with Crippen LogP contribution in [0.4, 0.5) is 5.13 Å². The monoisotopic (exact) mass is 357 g/mol. The van der Waals surface area contributed by atoms with Crippen molar-refractivity contribution in [3.63, 3.8) is 0 Å². The molecular formula is C18H23N5OS. The lowest BCUT2D eigenvalue weighted by Crippen LogP contribution is -2.38. The summed E-state index contributed by atoms with van der Waals surface area (Å²) in [6.07, 6.45) is 3.42. The van der Waals surface area contributed by atoms with E-state index in [-0.39, 0.29) is 5.91 Å². The molecule has 2 heterocycles. The summed E-state index contributed by atoms with van der Waals surface area (Å²) in [7, 11) is 5.82. The van der Waals surface area contributed by atoms with Gasteiger partial charge in [0.25, 0.3) is 5.91 Å². The molecule has 132 valence electrons. The minimum Gasteiger partial charge on any atom is -0.330 e. The number of thiazole rings is 1. The molecule has 0 aliphatic rings. The van der Waals surface area contributed by atoms with Gasteiger partial charge in [0.05, 0.1) is 10.2 Å². The maximum absolute atomic E-state index is 13.1. The number of aromatic nitrogens is 3. The molecular weight excluding hydrogens is 334 g/mol. The zero-order valence-electron chi connectivity index (χ0n) is 15.3. The predicted octanol–water partition coefficient (Wildman–Crippen LogP) is 2.86. The molecule has 0 bridgehead atoms. The molecule has 7 heteroatoms. The van der Waals surface area contributed by atoms with Crippen molar-refractivity contribution in [2.45, 2.75) is 13.8 Å². The van der Waals surface area contributed by atoms with Crippen molar-refractivity contribution >= 4 is 32.6 Å². The van der Waals surface area contributed by atoms with Crippen LogP contribution in [-0.4, -0.2) is 52.5 Å². The van der Waals surface area contributed by atoms with Crippen LogP contribution in [0.15, 0.2) is 24.5 Å². The Bertz CT molecular complexity index is 911. The number of imidazole rings is 1. The van der Waals surface area contributed by atoms with E-state index in [9.17, 15) is 4.79 Å². The van der Waals surface area contributed by atoms with Gasteiger partial charge in [0, 0.05) is 32.5 Å². The van der Waals surface area contributed by atoms with Crippen LogP contribution in [0.3, 0.4) is 0 Å². The number of benzene rings is 1. The maximum Gasteiger partial charge on any atom is 0.296 e. The van der Waals surface area contributed by atoms with Crippen molar-refractivity contribution in [2.75, 3.05) is 32.1 Å². The third-order valence-electron chi connectivity index (χ3n) is 4.08. The Kier molecular flexibility index (Phi) is 4.87. The van der Waals surface area contributed by atoms with Crippen molar-refractivity contribution < 1.29 is 4.79 Å². The van der Waals surface area contributed by atoms with E-state index in [1.54, 1.807) is 33.2 Å². The zero-order chi connectivity index (χ0) is 18.1. The summed E-state index contributed by atoms with van der Waals surface area (Å²) in [6.45, 7) is 5.46. The molecule has 3 aromatic rings. The third-order valence-corrected chi connectivity index (χ3v) is 5.10. The predicted molar refractivity (Wildman–Crippen MR) is 103 cm³/mol. The van der Waals surface area contributed by atoms with E-state index in [1.807, 2.05) is 21.1 Å². The maximum atomic E-state index is 13.1. The minimum atomic E-state index is -0.122. The standard InChI is InChI=1S/C18H23N5OS/c1-12-10-13(2)15-14(11-12)25-18(20-15)23(9-8-21(3)4)17(24)16-19-6-7-22(16)5/h6-7,10-11H,8-9H2,1-5H3. The summed E-state index contributed by atoms with van der Waals surface area (Å²) in [5, 5.41) is 0.721. The SMILES string of the molecule is Cc1cc(C)c2nc(N(CCN(C)C)C(=O)c3nccn3C)sc2c1. The highest BCUT2D eigenvalue weighted by molar-refractivity contribution is 7.22. The highest BCUT2D eigenvalue weighted by Crippen LogP contribution is 2.32. The molecule has 0 saturated heterocycles. The molecule has 0 N–H and O–H groups in total. The summed E-state index contributed by atoms with van der Waals surface area (Å²) in [5.74, 6) is 0.300. The van der Waals surface area contributed by atoms with Crippen LogP contribution < -0.4 is 4.90 Å². The topological polar surface area (TPSA) is 54.3 Å². The van der Waals surface area contributed by atoms with Crippen molar-refractivity contribution in [1.82, 2.24) is 19.4 Å². The number of hydrogen-bond acceptors (Lipinski definition) is 5. The average molecular weight is 357 g/mol. The molecule has 0 radical (unpaired) electrons. The number of anilines is 1. The summed E-state index contributed by atoms with van der Waals surface area (Å²) < 4.78 is 2.85. The second kappa shape index (κ2) is 6.93. The number of carbonyl (C=O) groups is 1. The molecule has 25 heavy (non-hydrogen) atoms. The molecule has 0 aliphatic heterocycles. The number of fused-ring (bicyclic) bond motifs is 1. The Morgan fingerprint density at radius 1 is 1.24 bits per heavy atom. The number of hydrogen-bond donors (Lipinski definition) is 0. The van der Waals surface area contributed by atoms with Crippen LogP contribution >= 0.6 is 11.3 Å². The molecule has 2 aromatic heterocycles. The second-order valence-corrected chi connectivity index (χ2v) is 7.56. The first kappa shape index (κ1) is 17.6. The van der Waals surface area contributed by atoms with Crippen molar-refractivity contribution in [3.05, 3.63) is 41.5 Å². The Balaban J connectivity index is 2.03. The fourth-order valence-corrected chi connectivity index (χ4v) is 3.92. The molecule has 1 amide bonds. The van der Waals surface area contributed by atoms with Gasteiger partial charge in [-0.2, -0.15) is 0 Å². The van der Waals surface area contributed by atoms with Gasteiger partial charge in [-0.25, -0.2) is 9.97 Å². The second-order valence-electron chi connectivity index (χ2n) is 6.55. The van der Waals surface area contributed by atoms with Gasteiger partial charge in [0.15, 0.2) is 11.0 Å². The average Bonchev–Trinajstić information content (AvgIpc) is 3.13. The summed E-state index contributed by atoms with van der Waals surface area (Å²) >= 11 is 1.56. The normalized spacial score (nSPS) is 11.4. The number of likely N-dealkylation sites (N-methyl/N-ethyl adjacent to an activating group) is 1. The largest absolute Gasteiger partial charge is 0.330 e. The number of rotatable bonds is 5. The molecule has 3 rings (SSSR count). The molecule has 0 unspecified atom stereocenters. The molecule has 0 aliphatic carbocycles. The van der Waals surface area contributed by atoms with Gasteiger partial charge in [0.1, 0.15) is 0 Å². The first-order valence-corrected chi connectivity index (χ1v) is 9.00. The summed E-state index contributed by atoms with van der Waals surface area (Å²) in [6, 6.07) is 4.25. The van der Waals surface area contributed by atoms with Crippen LogP contribution in [0, 0.1) is 13.8 Å². The van der Waals surface area contributed by atoms with Crippen molar-refractivity contribution in [1.29, 1.82) is 0 Å². The lowest BCUT2D eigenvalue weighted by atomic mass is 10.1. The highest BCUT2D eigenvalue weighted by atomic mass is 32.1. The molecule has 0 fully saturated rings. The van der Waals surface area contributed by atoms with Gasteiger partial charge in [-0.1, -0.05) is 17.4 Å². The molecule has 6 nitrogen and oxygen atoms in total. The number of carbonyl (C=O) groups excluding carboxylic acids is 1. The lowest BCUT2D eigenvalue weighted by molar-refractivity contribution is 0.0972. The quantitative estimate of drug-likeness (QED) is 0.705. The van der Waals surface area contributed by atoms with Crippen molar-refractivity contribution in [3.8, 4) is 0 Å². The zero-order valence-corrected chi connectivity index (χ0v) is 16.1. The van der Waals surface area contributed by atoms with Gasteiger partial charge >= 0.3 is 0 Å². The smallest absolute Gasteiger partial charge is 0.296 e. The van der Waals surface area contributed by atoms with Gasteiger partial charge < -0.3 is 9.47 Å². The minimum absolute atomic E-state index is 0.122. The van der Waals surface area contributed by atoms with Crippen LogP contribution in [0.25, 0.3) is 10.2 Å². The Morgan fingerprint density at radius 3 is 2.64 bits per heavy atom. The van der Waals surface area contributed by atoms with Gasteiger partial charge in [0.2, 0.25) is 0 Å². The van der Waals surface area contributed by atoms with Gasteiger partial charge in [-0.05, 0) is 45.1 Å². The Hall–Kier alpha value is -2.25. The molecule has 0 saturated carbocycles. The Morgan fingerprint density at radius 2 is 2.00 bits per heavy atom. The van der Waals surface area contributed by atoms with E-state index >= 15 is 0 Å². The van der Waals surface area contributed by atoms with E-state index in [4.69, 9.17) is 4.98 Å². The third kappa shape index (κ3) is 3.57. The fourth-order valence-electron chi connectivity index (χ4n) is 2.75. The van der Waals surface area contributed by atoms with E-state index in [2.05, 4.69) is 35.9 Å². The molecule has 0 atom stereocenters. The highest BCUT2D eigenvalue weighted by Gasteiger charge is 2.24. The van der Waals surface area contributed by atoms with E-state index in [1.165, 1.54) is 5.56 Å². The van der Waals surface area contributed by atoms with Crippen LogP contribution in [0.1, 0.15) is 21.7 Å². The van der Waals surface area contributed by atoms with Gasteiger partial charge in [-0.15, -0.1) is 0 Å². The number of aryl methyl sites for hydroxylation is 3. The summed E-state index contributed by atoms with van der Waals surface area (Å²) in [4.78, 5) is 25.8. The number of nitrogens with zero attached hydrogens (tertiary/aromatic N) is 5. The molecule has 0 spiro atoms. The Labute approximate surface area is 151 Å². The van der Waals surface area contributed by atoms with E-state index in [0.29, 0.717) is 12.4 Å². The first-order chi connectivity index (χ1) is 11.9. The first-order valence-electron chi connectivity index (χ1n) is 8.18. The van der Waals surface area contributed by atoms with Gasteiger partial charge in [-0.3, -0.25) is 9.69 Å². The van der Waals surface area contributed by atoms with E-state index in [0.717, 1.165) is 27.5 Å². The van der Waals surface area contributed by atoms with Crippen LogP contribution in [0.5, 0.6) is 0 Å². The lowest BCUT2D eigenvalue weighted by Gasteiger charge is -2.21. The van der Waals surface area contributed by atoms with E-state index < -0.39 is 0 Å². The van der Waals surface area contributed by atoms with Crippen LogP contribution in [0.2, 0.25) is 0 Å².